The van der Waals surface area contributed by atoms with Crippen molar-refractivity contribution in [2.24, 2.45) is 5.84 Å². The van der Waals surface area contributed by atoms with Crippen molar-refractivity contribution in [3.05, 3.63) is 77.1 Å². The number of benzene rings is 2. The summed E-state index contributed by atoms with van der Waals surface area (Å²) in [7, 11) is 0. The molecule has 0 amide bonds. The first-order valence-corrected chi connectivity index (χ1v) is 7.07. The molecule has 0 aliphatic rings. The van der Waals surface area contributed by atoms with Gasteiger partial charge < -0.3 is 0 Å². The Kier molecular flexibility index (Phi) is 3.69. The van der Waals surface area contributed by atoms with Crippen LogP contribution in [-0.4, -0.2) is 4.98 Å². The molecular formula is C18H19N3. The molecule has 3 N–H and O–H groups in total. The molecule has 0 aliphatic carbocycles. The highest BCUT2D eigenvalue weighted by molar-refractivity contribution is 5.85. The zero-order valence-corrected chi connectivity index (χ0v) is 12.3. The maximum Gasteiger partial charge on any atom is 0.0721 e. The van der Waals surface area contributed by atoms with Gasteiger partial charge in [-0.15, -0.1) is 0 Å². The maximum absolute atomic E-state index is 5.90. The summed E-state index contributed by atoms with van der Waals surface area (Å²) in [6.45, 7) is 4.24. The molecule has 2 aromatic carbocycles. The van der Waals surface area contributed by atoms with Crippen LogP contribution in [0.2, 0.25) is 0 Å². The summed E-state index contributed by atoms with van der Waals surface area (Å²) in [5.74, 6) is 5.90. The number of fused-ring (bicyclic) bond motifs is 1. The standard InChI is InChI=1S/C18H19N3/c1-12-5-3-6-13(2)17(12)18(21-19)15-8-4-7-14-9-10-20-11-16(14)15/h3-11,18,21H,19H2,1-2H3. The Bertz CT molecular complexity index is 755. The predicted octanol–water partition coefficient (Wildman–Crippen LogP) is 3.40. The Balaban J connectivity index is 2.24. The molecule has 1 heterocycles. The van der Waals surface area contributed by atoms with Gasteiger partial charge >= 0.3 is 0 Å². The van der Waals surface area contributed by atoms with Gasteiger partial charge in [-0.25, -0.2) is 5.43 Å². The molecule has 0 saturated carbocycles. The van der Waals surface area contributed by atoms with Gasteiger partial charge in [0, 0.05) is 17.8 Å². The molecule has 0 fully saturated rings. The summed E-state index contributed by atoms with van der Waals surface area (Å²) in [6, 6.07) is 14.6. The van der Waals surface area contributed by atoms with E-state index in [1.807, 2.05) is 18.5 Å². The average Bonchev–Trinajstić information content (AvgIpc) is 2.51. The van der Waals surface area contributed by atoms with Crippen molar-refractivity contribution in [1.29, 1.82) is 0 Å². The molecule has 0 spiro atoms. The molecule has 3 rings (SSSR count). The molecule has 3 nitrogen and oxygen atoms in total. The van der Waals surface area contributed by atoms with E-state index in [1.165, 1.54) is 22.1 Å². The van der Waals surface area contributed by atoms with Crippen LogP contribution in [-0.2, 0) is 0 Å². The molecule has 0 radical (unpaired) electrons. The fourth-order valence-electron chi connectivity index (χ4n) is 3.00. The Labute approximate surface area is 124 Å². The van der Waals surface area contributed by atoms with Crippen LogP contribution in [0.1, 0.15) is 28.3 Å². The van der Waals surface area contributed by atoms with Gasteiger partial charge in [-0.1, -0.05) is 36.4 Å². The van der Waals surface area contributed by atoms with Gasteiger partial charge in [-0.2, -0.15) is 0 Å². The zero-order chi connectivity index (χ0) is 14.8. The lowest BCUT2D eigenvalue weighted by atomic mass is 9.89. The van der Waals surface area contributed by atoms with Gasteiger partial charge in [-0.05, 0) is 47.6 Å². The quantitative estimate of drug-likeness (QED) is 0.570. The molecule has 1 atom stereocenters. The first-order valence-electron chi connectivity index (χ1n) is 7.07. The smallest absolute Gasteiger partial charge is 0.0721 e. The van der Waals surface area contributed by atoms with Gasteiger partial charge in [0.25, 0.3) is 0 Å². The molecule has 3 aromatic rings. The number of nitrogens with one attached hydrogen (secondary N) is 1. The number of aromatic nitrogens is 1. The number of hydrogen-bond acceptors (Lipinski definition) is 3. The second-order valence-electron chi connectivity index (χ2n) is 5.35. The molecule has 0 saturated heterocycles. The molecular weight excluding hydrogens is 258 g/mol. The van der Waals surface area contributed by atoms with Crippen LogP contribution in [0.15, 0.2) is 54.9 Å². The predicted molar refractivity (Wildman–Crippen MR) is 86.8 cm³/mol. The van der Waals surface area contributed by atoms with Crippen LogP contribution in [0, 0.1) is 13.8 Å². The monoisotopic (exact) mass is 277 g/mol. The number of nitrogens with two attached hydrogens (primary N) is 1. The van der Waals surface area contributed by atoms with E-state index in [0.29, 0.717) is 0 Å². The molecule has 1 aromatic heterocycles. The van der Waals surface area contributed by atoms with E-state index in [1.54, 1.807) is 0 Å². The van der Waals surface area contributed by atoms with Crippen molar-refractivity contribution in [2.45, 2.75) is 19.9 Å². The molecule has 0 bridgehead atoms. The van der Waals surface area contributed by atoms with Crippen molar-refractivity contribution in [3.63, 3.8) is 0 Å². The van der Waals surface area contributed by atoms with Crippen molar-refractivity contribution < 1.29 is 0 Å². The van der Waals surface area contributed by atoms with E-state index in [-0.39, 0.29) is 6.04 Å². The van der Waals surface area contributed by atoms with Gasteiger partial charge in [0.15, 0.2) is 0 Å². The number of rotatable bonds is 3. The van der Waals surface area contributed by atoms with Gasteiger partial charge in [0.1, 0.15) is 0 Å². The minimum Gasteiger partial charge on any atom is -0.271 e. The summed E-state index contributed by atoms with van der Waals surface area (Å²) in [5.41, 5.74) is 7.84. The molecule has 0 aliphatic heterocycles. The van der Waals surface area contributed by atoms with Crippen molar-refractivity contribution in [3.8, 4) is 0 Å². The highest BCUT2D eigenvalue weighted by atomic mass is 15.2. The third-order valence-electron chi connectivity index (χ3n) is 4.03. The lowest BCUT2D eigenvalue weighted by Crippen LogP contribution is -2.30. The molecule has 3 heteroatoms. The Morgan fingerprint density at radius 2 is 1.71 bits per heavy atom. The van der Waals surface area contributed by atoms with E-state index < -0.39 is 0 Å². The summed E-state index contributed by atoms with van der Waals surface area (Å²) < 4.78 is 0. The van der Waals surface area contributed by atoms with Crippen LogP contribution in [0.3, 0.4) is 0 Å². The summed E-state index contributed by atoms with van der Waals surface area (Å²) in [6.07, 6.45) is 3.72. The second-order valence-corrected chi connectivity index (χ2v) is 5.35. The van der Waals surface area contributed by atoms with Crippen LogP contribution < -0.4 is 11.3 Å². The summed E-state index contributed by atoms with van der Waals surface area (Å²) in [5, 5.41) is 2.31. The third-order valence-corrected chi connectivity index (χ3v) is 4.03. The minimum atomic E-state index is -0.0425. The Morgan fingerprint density at radius 3 is 2.43 bits per heavy atom. The number of pyridine rings is 1. The zero-order valence-electron chi connectivity index (χ0n) is 12.3. The summed E-state index contributed by atoms with van der Waals surface area (Å²) in [4.78, 5) is 4.26. The first-order chi connectivity index (χ1) is 10.2. The highest BCUT2D eigenvalue weighted by Gasteiger charge is 2.18. The number of hydrazine groups is 1. The molecule has 21 heavy (non-hydrogen) atoms. The Morgan fingerprint density at radius 1 is 1.00 bits per heavy atom. The topological polar surface area (TPSA) is 50.9 Å². The van der Waals surface area contributed by atoms with Crippen LogP contribution in [0.5, 0.6) is 0 Å². The van der Waals surface area contributed by atoms with Crippen LogP contribution >= 0.6 is 0 Å². The highest BCUT2D eigenvalue weighted by Crippen LogP contribution is 2.31. The molecule has 106 valence electrons. The van der Waals surface area contributed by atoms with Crippen LogP contribution in [0.25, 0.3) is 10.8 Å². The third kappa shape index (κ3) is 2.42. The second kappa shape index (κ2) is 5.64. The minimum absolute atomic E-state index is 0.0425. The average molecular weight is 277 g/mol. The van der Waals surface area contributed by atoms with Crippen molar-refractivity contribution >= 4 is 10.8 Å². The van der Waals surface area contributed by atoms with E-state index in [0.717, 1.165) is 10.9 Å². The maximum atomic E-state index is 5.90. The van der Waals surface area contributed by atoms with Gasteiger partial charge in [0.05, 0.1) is 6.04 Å². The fourth-order valence-corrected chi connectivity index (χ4v) is 3.00. The SMILES string of the molecule is Cc1cccc(C)c1C(NN)c1cccc2ccncc12. The van der Waals surface area contributed by atoms with E-state index in [4.69, 9.17) is 5.84 Å². The van der Waals surface area contributed by atoms with Crippen molar-refractivity contribution in [1.82, 2.24) is 10.4 Å². The largest absolute Gasteiger partial charge is 0.271 e. The lowest BCUT2D eigenvalue weighted by molar-refractivity contribution is 0.634. The number of nitrogens with zero attached hydrogens (tertiary/aromatic N) is 1. The first kappa shape index (κ1) is 13.7. The van der Waals surface area contributed by atoms with E-state index in [2.05, 4.69) is 60.7 Å². The molecule has 1 unspecified atom stereocenters. The number of hydrogen-bond donors (Lipinski definition) is 2. The van der Waals surface area contributed by atoms with Crippen molar-refractivity contribution in [2.75, 3.05) is 0 Å². The summed E-state index contributed by atoms with van der Waals surface area (Å²) >= 11 is 0. The van der Waals surface area contributed by atoms with E-state index in [9.17, 15) is 0 Å². The number of aryl methyl sites for hydroxylation is 2. The fraction of sp³-hybridized carbons (Fsp3) is 0.167. The normalized spacial score (nSPS) is 12.5. The lowest BCUT2D eigenvalue weighted by Gasteiger charge is -2.22. The van der Waals surface area contributed by atoms with Crippen LogP contribution in [0.4, 0.5) is 0 Å². The van der Waals surface area contributed by atoms with E-state index >= 15 is 0 Å². The van der Waals surface area contributed by atoms with Gasteiger partial charge in [-0.3, -0.25) is 10.8 Å². The Hall–Kier alpha value is -2.23. The van der Waals surface area contributed by atoms with Gasteiger partial charge in [0.2, 0.25) is 0 Å².